The first-order valence-electron chi connectivity index (χ1n) is 10.5. The van der Waals surface area contributed by atoms with Crippen LogP contribution in [0.1, 0.15) is 18.2 Å². The molecule has 0 bridgehead atoms. The third kappa shape index (κ3) is 6.26. The number of ether oxygens (including phenoxy) is 1. The van der Waals surface area contributed by atoms with Crippen LogP contribution in [0.15, 0.2) is 36.7 Å². The molecule has 16 heteroatoms. The van der Waals surface area contributed by atoms with Crippen molar-refractivity contribution in [3.8, 4) is 0 Å². The Balaban J connectivity index is 1.52. The molecule has 6 N–H and O–H groups in total. The average molecular weight is 548 g/mol. The van der Waals surface area contributed by atoms with Gasteiger partial charge < -0.3 is 34.9 Å². The molecule has 2 unspecified atom stereocenters. The van der Waals surface area contributed by atoms with Crippen molar-refractivity contribution in [3.63, 3.8) is 0 Å². The van der Waals surface area contributed by atoms with Crippen LogP contribution in [-0.2, 0) is 20.4 Å². The highest BCUT2D eigenvalue weighted by atomic mass is 35.5. The SMILES string of the molecule is O=P(O)(O)CP(=O)(O)CC[C@H]1O[C@@H](n2cnc3c(NCc4ccccc4)nc(Cl)nc32)[C@@H](O)C1O. The Labute approximate surface area is 204 Å². The number of aliphatic hydroxyl groups excluding tert-OH is 2. The molecule has 5 atom stereocenters. The molecule has 13 nitrogen and oxygen atoms in total. The number of benzene rings is 1. The summed E-state index contributed by atoms with van der Waals surface area (Å²) in [5.74, 6) is -0.819. The second-order valence-corrected chi connectivity index (χ2v) is 13.2. The number of aliphatic hydroxyl groups is 2. The summed E-state index contributed by atoms with van der Waals surface area (Å²) in [4.78, 5) is 40.5. The number of nitrogens with one attached hydrogen (secondary N) is 1. The van der Waals surface area contributed by atoms with Gasteiger partial charge in [0.1, 0.15) is 18.1 Å². The van der Waals surface area contributed by atoms with E-state index in [2.05, 4.69) is 20.3 Å². The van der Waals surface area contributed by atoms with Crippen LogP contribution >= 0.6 is 26.6 Å². The van der Waals surface area contributed by atoms with Gasteiger partial charge in [0.2, 0.25) is 12.7 Å². The number of fused-ring (bicyclic) bond motifs is 1. The molecule has 1 fully saturated rings. The van der Waals surface area contributed by atoms with Gasteiger partial charge in [0, 0.05) is 12.7 Å². The van der Waals surface area contributed by atoms with E-state index < -0.39 is 51.6 Å². The van der Waals surface area contributed by atoms with Crippen molar-refractivity contribution in [2.24, 2.45) is 0 Å². The molecule has 0 aliphatic carbocycles. The molecule has 0 amide bonds. The summed E-state index contributed by atoms with van der Waals surface area (Å²) >= 11 is 6.11. The van der Waals surface area contributed by atoms with Gasteiger partial charge in [-0.05, 0) is 23.6 Å². The van der Waals surface area contributed by atoms with Gasteiger partial charge in [0.15, 0.2) is 23.2 Å². The lowest BCUT2D eigenvalue weighted by Gasteiger charge is -2.18. The van der Waals surface area contributed by atoms with E-state index in [-0.39, 0.29) is 17.4 Å². The zero-order valence-electron chi connectivity index (χ0n) is 18.1. The van der Waals surface area contributed by atoms with Crippen molar-refractivity contribution in [2.45, 2.75) is 37.5 Å². The summed E-state index contributed by atoms with van der Waals surface area (Å²) in [5.41, 5.74) is 1.57. The topological polar surface area (TPSA) is 200 Å². The minimum atomic E-state index is -4.70. The van der Waals surface area contributed by atoms with Gasteiger partial charge in [-0.1, -0.05) is 30.3 Å². The summed E-state index contributed by atoms with van der Waals surface area (Å²) in [7, 11) is -8.88. The number of aromatic nitrogens is 4. The van der Waals surface area contributed by atoms with Crippen LogP contribution in [0.25, 0.3) is 11.2 Å². The predicted molar refractivity (Wildman–Crippen MR) is 126 cm³/mol. The van der Waals surface area contributed by atoms with Crippen LogP contribution < -0.4 is 5.32 Å². The van der Waals surface area contributed by atoms with Gasteiger partial charge >= 0.3 is 7.60 Å². The Morgan fingerprint density at radius 3 is 2.49 bits per heavy atom. The van der Waals surface area contributed by atoms with E-state index in [9.17, 15) is 24.2 Å². The molecule has 1 aliphatic heterocycles. The number of hydrogen-bond acceptors (Lipinski definition) is 9. The monoisotopic (exact) mass is 547 g/mol. The third-order valence-corrected chi connectivity index (χ3v) is 9.84. The fourth-order valence-corrected chi connectivity index (χ4v) is 7.56. The Kier molecular flexibility index (Phi) is 7.63. The van der Waals surface area contributed by atoms with E-state index in [1.54, 1.807) is 0 Å². The molecule has 3 aromatic rings. The molecule has 0 radical (unpaired) electrons. The third-order valence-electron chi connectivity index (χ3n) is 5.48. The van der Waals surface area contributed by atoms with E-state index in [4.69, 9.17) is 26.1 Å². The fraction of sp³-hybridized carbons (Fsp3) is 0.421. The van der Waals surface area contributed by atoms with E-state index >= 15 is 0 Å². The molecule has 2 aromatic heterocycles. The van der Waals surface area contributed by atoms with Crippen LogP contribution in [0.3, 0.4) is 0 Å². The standard InChI is InChI=1S/C19H24ClN5O8P2/c20-19-23-16(21-8-11-4-2-1-3-5-11)13-17(24-19)25(9-22-13)18-15(27)14(26)12(33-18)6-7-34(28,29)10-35(30,31)32/h1-5,9,12,14-15,18,26-27H,6-8,10H2,(H,28,29)(H,21,23,24)(H2,30,31,32)/t12-,14?,15+,18-/m1/s1. The smallest absolute Gasteiger partial charge is 0.335 e. The Bertz CT molecular complexity index is 1290. The quantitative estimate of drug-likeness (QED) is 0.167. The maximum atomic E-state index is 12.1. The summed E-state index contributed by atoms with van der Waals surface area (Å²) in [5, 5.41) is 24.1. The van der Waals surface area contributed by atoms with Crippen LogP contribution in [0.4, 0.5) is 5.82 Å². The second kappa shape index (κ2) is 10.2. The zero-order valence-corrected chi connectivity index (χ0v) is 20.7. The normalized spacial score (nSPS) is 24.5. The maximum absolute atomic E-state index is 12.1. The predicted octanol–water partition coefficient (Wildman–Crippen LogP) is 1.51. The number of halogens is 1. The number of rotatable bonds is 9. The first-order chi connectivity index (χ1) is 16.4. The zero-order chi connectivity index (χ0) is 25.4. The molecule has 1 aliphatic rings. The van der Waals surface area contributed by atoms with E-state index in [0.29, 0.717) is 17.9 Å². The largest absolute Gasteiger partial charge is 0.388 e. The molecule has 1 saturated heterocycles. The molecular formula is C19H24ClN5O8P2. The molecule has 190 valence electrons. The van der Waals surface area contributed by atoms with Gasteiger partial charge in [-0.25, -0.2) is 4.98 Å². The Morgan fingerprint density at radius 1 is 1.09 bits per heavy atom. The molecular weight excluding hydrogens is 524 g/mol. The summed E-state index contributed by atoms with van der Waals surface area (Å²) < 4.78 is 30.3. The van der Waals surface area contributed by atoms with Crippen LogP contribution in [0, 0.1) is 0 Å². The Morgan fingerprint density at radius 2 is 1.80 bits per heavy atom. The highest BCUT2D eigenvalue weighted by Crippen LogP contribution is 2.55. The van der Waals surface area contributed by atoms with Crippen molar-refractivity contribution in [2.75, 3.05) is 17.4 Å². The first-order valence-corrected chi connectivity index (χ1v) is 14.7. The minimum absolute atomic E-state index is 0.0851. The first kappa shape index (κ1) is 26.2. The van der Waals surface area contributed by atoms with Crippen molar-refractivity contribution < 1.29 is 38.8 Å². The number of anilines is 1. The van der Waals surface area contributed by atoms with E-state index in [1.165, 1.54) is 10.9 Å². The van der Waals surface area contributed by atoms with Crippen LogP contribution in [-0.4, -0.2) is 74.8 Å². The second-order valence-electron chi connectivity index (χ2n) is 8.22. The molecule has 1 aromatic carbocycles. The molecule has 3 heterocycles. The molecule has 4 rings (SSSR count). The number of imidazole rings is 1. The van der Waals surface area contributed by atoms with E-state index in [0.717, 1.165) is 5.56 Å². The summed E-state index contributed by atoms with van der Waals surface area (Å²) in [6.07, 6.45) is -4.46. The average Bonchev–Trinajstić information content (AvgIpc) is 3.31. The lowest BCUT2D eigenvalue weighted by molar-refractivity contribution is -0.0354. The van der Waals surface area contributed by atoms with Crippen molar-refractivity contribution in [3.05, 3.63) is 47.5 Å². The van der Waals surface area contributed by atoms with Crippen LogP contribution in [0.2, 0.25) is 5.28 Å². The van der Waals surface area contributed by atoms with Crippen molar-refractivity contribution >= 4 is 43.5 Å². The molecule has 0 spiro atoms. The van der Waals surface area contributed by atoms with Gasteiger partial charge in [0.25, 0.3) is 0 Å². The maximum Gasteiger partial charge on any atom is 0.335 e. The highest BCUT2D eigenvalue weighted by molar-refractivity contribution is 7.72. The lowest BCUT2D eigenvalue weighted by Crippen LogP contribution is -2.32. The highest BCUT2D eigenvalue weighted by Gasteiger charge is 2.45. The Hall–Kier alpha value is -1.92. The molecule has 35 heavy (non-hydrogen) atoms. The fourth-order valence-electron chi connectivity index (χ4n) is 3.87. The van der Waals surface area contributed by atoms with E-state index in [1.807, 2.05) is 30.3 Å². The molecule has 0 saturated carbocycles. The minimum Gasteiger partial charge on any atom is -0.388 e. The summed E-state index contributed by atoms with van der Waals surface area (Å²) in [6, 6.07) is 9.56. The van der Waals surface area contributed by atoms with Gasteiger partial charge in [-0.2, -0.15) is 9.97 Å². The summed E-state index contributed by atoms with van der Waals surface area (Å²) in [6.45, 7) is 0.440. The van der Waals surface area contributed by atoms with Crippen LogP contribution in [0.5, 0.6) is 0 Å². The van der Waals surface area contributed by atoms with Crippen molar-refractivity contribution in [1.29, 1.82) is 0 Å². The lowest BCUT2D eigenvalue weighted by atomic mass is 10.1. The van der Waals surface area contributed by atoms with Gasteiger partial charge in [0.05, 0.1) is 12.4 Å². The van der Waals surface area contributed by atoms with Gasteiger partial charge in [-0.3, -0.25) is 13.7 Å². The van der Waals surface area contributed by atoms with Crippen molar-refractivity contribution in [1.82, 2.24) is 19.5 Å². The number of hydrogen-bond donors (Lipinski definition) is 6. The van der Waals surface area contributed by atoms with Gasteiger partial charge in [-0.15, -0.1) is 0 Å². The number of nitrogens with zero attached hydrogens (tertiary/aromatic N) is 4.